The fourth-order valence-electron chi connectivity index (χ4n) is 1.81. The van der Waals surface area contributed by atoms with Crippen molar-refractivity contribution in [2.45, 2.75) is 40.2 Å². The lowest BCUT2D eigenvalue weighted by Gasteiger charge is -2.22. The van der Waals surface area contributed by atoms with E-state index in [1.165, 1.54) is 0 Å². The number of carbonyl (C=O) groups is 1. The Balaban J connectivity index is 2.96. The van der Waals surface area contributed by atoms with Gasteiger partial charge in [0.1, 0.15) is 0 Å². The molecule has 1 aromatic carbocycles. The zero-order valence-corrected chi connectivity index (χ0v) is 12.2. The van der Waals surface area contributed by atoms with Crippen molar-refractivity contribution in [2.24, 2.45) is 5.92 Å². The Bertz CT molecular complexity index is 432. The van der Waals surface area contributed by atoms with Crippen LogP contribution in [0.25, 0.3) is 0 Å². The van der Waals surface area contributed by atoms with Gasteiger partial charge in [0.2, 0.25) is 0 Å². The molecule has 1 aromatic rings. The summed E-state index contributed by atoms with van der Waals surface area (Å²) < 4.78 is 5.06. The van der Waals surface area contributed by atoms with Crippen molar-refractivity contribution in [3.05, 3.63) is 23.8 Å². The number of rotatable bonds is 6. The van der Waals surface area contributed by atoms with Crippen molar-refractivity contribution in [1.82, 2.24) is 0 Å². The van der Waals surface area contributed by atoms with Crippen molar-refractivity contribution in [3.63, 3.8) is 0 Å². The maximum atomic E-state index is 11.9. The maximum Gasteiger partial charge on any atom is 0.340 e. The van der Waals surface area contributed by atoms with Gasteiger partial charge >= 0.3 is 5.97 Å². The van der Waals surface area contributed by atoms with Crippen LogP contribution in [0.15, 0.2) is 18.2 Å². The summed E-state index contributed by atoms with van der Waals surface area (Å²) in [5.74, 6) is 0.182. The highest BCUT2D eigenvalue weighted by Gasteiger charge is 2.16. The number of nitrogens with one attached hydrogen (secondary N) is 1. The molecule has 0 saturated heterocycles. The average Bonchev–Trinajstić information content (AvgIpc) is 2.39. The monoisotopic (exact) mass is 264 g/mol. The molecule has 0 aliphatic heterocycles. The van der Waals surface area contributed by atoms with Crippen LogP contribution in [0.5, 0.6) is 0 Å². The zero-order valence-electron chi connectivity index (χ0n) is 12.2. The Morgan fingerprint density at radius 1 is 1.37 bits per heavy atom. The van der Waals surface area contributed by atoms with Gasteiger partial charge in [-0.2, -0.15) is 0 Å². The molecule has 0 heterocycles. The molecule has 0 aliphatic rings. The summed E-state index contributed by atoms with van der Waals surface area (Å²) in [4.78, 5) is 11.9. The van der Waals surface area contributed by atoms with Crippen molar-refractivity contribution >= 4 is 17.3 Å². The normalized spacial score (nSPS) is 13.7. The summed E-state index contributed by atoms with van der Waals surface area (Å²) in [7, 11) is 0. The minimum Gasteiger partial charge on any atom is -0.462 e. The van der Waals surface area contributed by atoms with E-state index >= 15 is 0 Å². The Labute approximate surface area is 115 Å². The summed E-state index contributed by atoms with van der Waals surface area (Å²) in [6, 6.07) is 5.56. The summed E-state index contributed by atoms with van der Waals surface area (Å²) in [5.41, 5.74) is 7.58. The predicted octanol–water partition coefficient (Wildman–Crippen LogP) is 3.29. The number of hydrogen-bond acceptors (Lipinski definition) is 4. The second-order valence-corrected chi connectivity index (χ2v) is 4.84. The first-order valence-electron chi connectivity index (χ1n) is 6.82. The molecule has 106 valence electrons. The predicted molar refractivity (Wildman–Crippen MR) is 79.4 cm³/mol. The molecule has 0 spiro atoms. The number of nitrogen functional groups attached to an aromatic ring is 1. The van der Waals surface area contributed by atoms with Crippen molar-refractivity contribution in [1.29, 1.82) is 0 Å². The van der Waals surface area contributed by atoms with Crippen LogP contribution in [0.2, 0.25) is 0 Å². The highest BCUT2D eigenvalue weighted by Crippen LogP contribution is 2.23. The van der Waals surface area contributed by atoms with Crippen molar-refractivity contribution < 1.29 is 9.53 Å². The molecule has 0 amide bonds. The van der Waals surface area contributed by atoms with Gasteiger partial charge in [0, 0.05) is 17.4 Å². The minimum absolute atomic E-state index is 0.279. The third-order valence-corrected chi connectivity index (χ3v) is 3.42. The van der Waals surface area contributed by atoms with Crippen molar-refractivity contribution in [2.75, 3.05) is 17.7 Å². The number of benzene rings is 1. The minimum atomic E-state index is -0.339. The Kier molecular flexibility index (Phi) is 5.67. The first-order chi connectivity index (χ1) is 8.99. The first-order valence-corrected chi connectivity index (χ1v) is 6.82. The van der Waals surface area contributed by atoms with E-state index in [1.807, 2.05) is 6.07 Å². The maximum absolute atomic E-state index is 11.9. The first kappa shape index (κ1) is 15.3. The number of ether oxygens (including phenoxy) is 1. The number of nitrogens with two attached hydrogens (primary N) is 1. The third kappa shape index (κ3) is 4.16. The van der Waals surface area contributed by atoms with E-state index in [4.69, 9.17) is 10.5 Å². The summed E-state index contributed by atoms with van der Waals surface area (Å²) in [6.07, 6.45) is 1.08. The highest BCUT2D eigenvalue weighted by molar-refractivity contribution is 5.96. The van der Waals surface area contributed by atoms with Gasteiger partial charge in [-0.15, -0.1) is 0 Å². The second-order valence-electron chi connectivity index (χ2n) is 4.84. The zero-order chi connectivity index (χ0) is 14.4. The molecule has 3 N–H and O–H groups in total. The molecular formula is C15H24N2O2. The van der Waals surface area contributed by atoms with Crippen LogP contribution in [-0.4, -0.2) is 18.6 Å². The molecule has 0 aromatic heterocycles. The largest absolute Gasteiger partial charge is 0.462 e. The third-order valence-electron chi connectivity index (χ3n) is 3.42. The molecule has 0 saturated carbocycles. The lowest BCUT2D eigenvalue weighted by molar-refractivity contribution is 0.0527. The van der Waals surface area contributed by atoms with E-state index in [0.717, 1.165) is 12.1 Å². The standard InChI is InChI=1S/C15H24N2O2/c1-5-10(3)11(4)17-14-8-7-12(16)9-13(14)15(18)19-6-2/h7-11,17H,5-6,16H2,1-4H3. The topological polar surface area (TPSA) is 64.3 Å². The SMILES string of the molecule is CCOC(=O)c1cc(N)ccc1NC(C)C(C)CC. The van der Waals surface area contributed by atoms with E-state index in [2.05, 4.69) is 26.1 Å². The second kappa shape index (κ2) is 7.02. The van der Waals surface area contributed by atoms with Crippen LogP contribution in [0.3, 0.4) is 0 Å². The van der Waals surface area contributed by atoms with E-state index < -0.39 is 0 Å². The average molecular weight is 264 g/mol. The van der Waals surface area contributed by atoms with E-state index in [1.54, 1.807) is 19.1 Å². The molecule has 0 fully saturated rings. The van der Waals surface area contributed by atoms with Gasteiger partial charge in [-0.25, -0.2) is 4.79 Å². The van der Waals surface area contributed by atoms with Crippen LogP contribution < -0.4 is 11.1 Å². The number of esters is 1. The van der Waals surface area contributed by atoms with E-state index in [0.29, 0.717) is 23.8 Å². The number of hydrogen-bond donors (Lipinski definition) is 2. The Morgan fingerprint density at radius 3 is 2.63 bits per heavy atom. The van der Waals surface area contributed by atoms with Crippen LogP contribution in [-0.2, 0) is 4.74 Å². The fraction of sp³-hybridized carbons (Fsp3) is 0.533. The lowest BCUT2D eigenvalue weighted by Crippen LogP contribution is -2.24. The van der Waals surface area contributed by atoms with Crippen LogP contribution >= 0.6 is 0 Å². The lowest BCUT2D eigenvalue weighted by atomic mass is 10.00. The van der Waals surface area contributed by atoms with Gasteiger partial charge in [0.15, 0.2) is 0 Å². The summed E-state index contributed by atoms with van der Waals surface area (Å²) in [6.45, 7) is 8.59. The smallest absolute Gasteiger partial charge is 0.340 e. The Hall–Kier alpha value is -1.71. The fourth-order valence-corrected chi connectivity index (χ4v) is 1.81. The van der Waals surface area contributed by atoms with Gasteiger partial charge in [-0.05, 0) is 38.0 Å². The van der Waals surface area contributed by atoms with Gasteiger partial charge < -0.3 is 15.8 Å². The van der Waals surface area contributed by atoms with E-state index in [9.17, 15) is 4.79 Å². The van der Waals surface area contributed by atoms with Gasteiger partial charge in [-0.1, -0.05) is 20.3 Å². The van der Waals surface area contributed by atoms with E-state index in [-0.39, 0.29) is 12.0 Å². The molecule has 4 nitrogen and oxygen atoms in total. The molecule has 0 radical (unpaired) electrons. The molecule has 2 atom stereocenters. The molecule has 4 heteroatoms. The van der Waals surface area contributed by atoms with Gasteiger partial charge in [0.25, 0.3) is 0 Å². The number of carbonyl (C=O) groups excluding carboxylic acids is 1. The molecule has 1 rings (SSSR count). The Morgan fingerprint density at radius 2 is 2.05 bits per heavy atom. The van der Waals surface area contributed by atoms with Crippen molar-refractivity contribution in [3.8, 4) is 0 Å². The highest BCUT2D eigenvalue weighted by atomic mass is 16.5. The molecular weight excluding hydrogens is 240 g/mol. The summed E-state index contributed by atoms with van der Waals surface area (Å²) in [5, 5.41) is 3.37. The van der Waals surface area contributed by atoms with Crippen LogP contribution in [0, 0.1) is 5.92 Å². The number of anilines is 2. The van der Waals surface area contributed by atoms with Gasteiger partial charge in [0.05, 0.1) is 12.2 Å². The quantitative estimate of drug-likeness (QED) is 0.611. The summed E-state index contributed by atoms with van der Waals surface area (Å²) >= 11 is 0. The molecule has 2 unspecified atom stereocenters. The molecule has 19 heavy (non-hydrogen) atoms. The van der Waals surface area contributed by atoms with Crippen LogP contribution in [0.4, 0.5) is 11.4 Å². The molecule has 0 bridgehead atoms. The van der Waals surface area contributed by atoms with Crippen LogP contribution in [0.1, 0.15) is 44.5 Å². The van der Waals surface area contributed by atoms with Gasteiger partial charge in [-0.3, -0.25) is 0 Å². The molecule has 0 aliphatic carbocycles.